The molecular weight excluding hydrogens is 208 g/mol. The molecule has 1 unspecified atom stereocenters. The predicted molar refractivity (Wildman–Crippen MR) is 30.4 cm³/mol. The van der Waals surface area contributed by atoms with E-state index in [-0.39, 0.29) is 8.58 Å². The molecule has 0 spiro atoms. The second kappa shape index (κ2) is 4.52. The van der Waals surface area contributed by atoms with Crippen molar-refractivity contribution in [2.45, 2.75) is 0 Å². The first kappa shape index (κ1) is 5.52. The van der Waals surface area contributed by atoms with Crippen LogP contribution in [0.2, 0.25) is 0 Å². The first-order valence-electron chi connectivity index (χ1n) is 0.582. The van der Waals surface area contributed by atoms with E-state index in [4.69, 9.17) is 0 Å². The highest BCUT2D eigenvalue weighted by Crippen LogP contribution is 2.44. The van der Waals surface area contributed by atoms with Crippen LogP contribution in [0, 0.1) is 0 Å². The van der Waals surface area contributed by atoms with Crippen LogP contribution in [-0.4, -0.2) is 0 Å². The van der Waals surface area contributed by atoms with E-state index in [1.807, 2.05) is 22.0 Å². The number of halogens is 2. The van der Waals surface area contributed by atoms with E-state index >= 15 is 0 Å². The summed E-state index contributed by atoms with van der Waals surface area (Å²) in [5.74, 6) is 0.416. The molecule has 0 radical (unpaired) electrons. The fraction of sp³-hybridized carbons (Fsp3) is 0. The second-order valence-corrected chi connectivity index (χ2v) is 5.86. The van der Waals surface area contributed by atoms with E-state index in [1.54, 1.807) is 0 Å². The van der Waals surface area contributed by atoms with Crippen LogP contribution < -0.4 is 0 Å². The van der Waals surface area contributed by atoms with Gasteiger partial charge in [-0.3, -0.25) is 8.58 Å². The average molecular weight is 209 g/mol. The molecule has 0 aliphatic heterocycles. The molecule has 0 rings (SSSR count). The third-order valence-corrected chi connectivity index (χ3v) is 1.93. The van der Waals surface area contributed by atoms with Crippen molar-refractivity contribution in [3.05, 3.63) is 0 Å². The van der Waals surface area contributed by atoms with Gasteiger partial charge in [-0.15, -0.1) is 0 Å². The smallest absolute Gasteiger partial charge is 0.0902 e. The molecule has 0 aliphatic carbocycles. The van der Waals surface area contributed by atoms with E-state index in [9.17, 15) is 4.20 Å². The van der Waals surface area contributed by atoms with Crippen LogP contribution in [0.4, 0.5) is 4.20 Å². The van der Waals surface area contributed by atoms with E-state index in [0.717, 1.165) is 0 Å². The van der Waals surface area contributed by atoms with Gasteiger partial charge in [0, 0.05) is 0 Å². The van der Waals surface area contributed by atoms with E-state index in [2.05, 4.69) is 0 Å². The molecule has 0 amide bonds. The zero-order valence-electron chi connectivity index (χ0n) is 1.70. The Kier molecular flexibility index (Phi) is 6.24. The summed E-state index contributed by atoms with van der Waals surface area (Å²) in [7, 11) is 0.0129. The lowest BCUT2D eigenvalue weighted by Crippen LogP contribution is -0.833. The Hall–Kier alpha value is 1.52. The fourth-order valence-electron chi connectivity index (χ4n) is 0. The van der Waals surface area contributed by atoms with Gasteiger partial charge in [-0.05, 0) is 0 Å². The van der Waals surface area contributed by atoms with Crippen molar-refractivity contribution < 1.29 is 4.20 Å². The zero-order valence-corrected chi connectivity index (χ0v) is 5.76. The highest BCUT2D eigenvalue weighted by Gasteiger charge is 1.38. The van der Waals surface area contributed by atoms with Crippen LogP contribution in [0.3, 0.4) is 0 Å². The Morgan fingerprint density at radius 3 is 2.25 bits per heavy atom. The maximum absolute atomic E-state index is 10.7. The van der Waals surface area contributed by atoms with Gasteiger partial charge in [-0.25, -0.2) is 0 Å². The molecule has 0 aromatic heterocycles. The fourth-order valence-corrected chi connectivity index (χ4v) is 0. The van der Waals surface area contributed by atoms with Gasteiger partial charge >= 0.3 is 0 Å². The lowest BCUT2D eigenvalue weighted by molar-refractivity contribution is 0.936. The highest BCUT2D eigenvalue weighted by atomic mass is 127. The third-order valence-electron chi connectivity index (χ3n) is 0.0319. The van der Waals surface area contributed by atoms with Crippen molar-refractivity contribution in [3.63, 3.8) is 0 Å². The topological polar surface area (TPSA) is 0 Å². The zero-order chi connectivity index (χ0) is 3.41. The lowest BCUT2D eigenvalue weighted by Gasteiger charge is -1.88. The largest absolute Gasteiger partial charge is 0.461 e. The van der Waals surface area contributed by atoms with Gasteiger partial charge in [0.2, 0.25) is 0 Å². The number of rotatable bonds is 1. The summed E-state index contributed by atoms with van der Waals surface area (Å²) < 4.78 is 10.7. The van der Waals surface area contributed by atoms with Crippen LogP contribution in [0.25, 0.3) is 0 Å². The SMILES string of the molecule is F[P-]PI. The van der Waals surface area contributed by atoms with E-state index in [1.165, 1.54) is 0 Å². The van der Waals surface area contributed by atoms with Crippen LogP contribution >= 0.6 is 36.5 Å². The molecular formula is HFIP2-. The Bertz CT molecular complexity index is 8.00. The van der Waals surface area contributed by atoms with Crippen molar-refractivity contribution >= 4 is 36.5 Å². The van der Waals surface area contributed by atoms with E-state index in [0.29, 0.717) is 5.91 Å². The first-order valence-corrected chi connectivity index (χ1v) is 6.32. The summed E-state index contributed by atoms with van der Waals surface area (Å²) in [5.41, 5.74) is 0. The molecule has 0 heterocycles. The Morgan fingerprint density at radius 1 is 2.00 bits per heavy atom. The number of hydrogen-bond acceptors (Lipinski definition) is 0. The molecule has 0 aromatic rings. The molecule has 4 heteroatoms. The van der Waals surface area contributed by atoms with Crippen LogP contribution in [0.1, 0.15) is 0 Å². The normalized spacial score (nSPS) is 13.5. The molecule has 0 aliphatic rings. The minimum atomic E-state index is 0.0129. The van der Waals surface area contributed by atoms with Crippen molar-refractivity contribution in [1.29, 1.82) is 0 Å². The van der Waals surface area contributed by atoms with Crippen molar-refractivity contribution in [2.75, 3.05) is 0 Å². The average Bonchev–Trinajstić information content (AvgIpc) is 1.37. The molecule has 0 bridgehead atoms. The summed E-state index contributed by atoms with van der Waals surface area (Å²) in [6, 6.07) is 0. The van der Waals surface area contributed by atoms with Crippen molar-refractivity contribution in [1.82, 2.24) is 0 Å². The summed E-state index contributed by atoms with van der Waals surface area (Å²) in [5, 5.41) is 0. The van der Waals surface area contributed by atoms with Crippen LogP contribution in [0.15, 0.2) is 0 Å². The predicted octanol–water partition coefficient (Wildman–Crippen LogP) is 2.76. The molecule has 0 fully saturated rings. The first-order chi connectivity index (χ1) is 1.91. The Labute approximate surface area is 41.0 Å². The molecule has 0 saturated carbocycles. The maximum Gasteiger partial charge on any atom is -0.0902 e. The molecule has 0 aromatic carbocycles. The Morgan fingerprint density at radius 2 is 2.25 bits per heavy atom. The van der Waals surface area contributed by atoms with Gasteiger partial charge in [0.05, 0.1) is 0 Å². The maximum atomic E-state index is 10.7. The van der Waals surface area contributed by atoms with Gasteiger partial charge in [0.25, 0.3) is 0 Å². The molecule has 0 nitrogen and oxygen atoms in total. The highest BCUT2D eigenvalue weighted by molar-refractivity contribution is 14.2. The van der Waals surface area contributed by atoms with Gasteiger partial charge in [0.1, 0.15) is 0 Å². The quantitative estimate of drug-likeness (QED) is 0.460. The minimum Gasteiger partial charge on any atom is -0.461 e. The van der Waals surface area contributed by atoms with Gasteiger partial charge in [-0.2, -0.15) is 5.91 Å². The monoisotopic (exact) mass is 209 g/mol. The molecule has 4 heavy (non-hydrogen) atoms. The molecule has 1 atom stereocenters. The van der Waals surface area contributed by atoms with Gasteiger partial charge in [-0.1, -0.05) is 22.0 Å². The van der Waals surface area contributed by atoms with E-state index < -0.39 is 0 Å². The van der Waals surface area contributed by atoms with Crippen LogP contribution in [-0.2, 0) is 0 Å². The Balaban J connectivity index is 1.97. The molecule has 0 saturated heterocycles. The summed E-state index contributed by atoms with van der Waals surface area (Å²) >= 11 is 1.99. The summed E-state index contributed by atoms with van der Waals surface area (Å²) in [6.45, 7) is 0. The van der Waals surface area contributed by atoms with Gasteiger partial charge < -0.3 is 4.20 Å². The number of hydrogen-bond donors (Lipinski definition) is 0. The summed E-state index contributed by atoms with van der Waals surface area (Å²) in [4.78, 5) is 0. The van der Waals surface area contributed by atoms with Crippen molar-refractivity contribution in [2.24, 2.45) is 0 Å². The second-order valence-electron chi connectivity index (χ2n) is 0.169. The standard InChI is InChI=1S/FHIP2/c1-3-4-2/h4H/q-1. The molecule has 0 N–H and O–H groups in total. The third kappa shape index (κ3) is 3.52. The van der Waals surface area contributed by atoms with Gasteiger partial charge in [0.15, 0.2) is 0 Å². The summed E-state index contributed by atoms with van der Waals surface area (Å²) in [6.07, 6.45) is 0. The van der Waals surface area contributed by atoms with Crippen LogP contribution in [0.5, 0.6) is 0 Å². The van der Waals surface area contributed by atoms with Crippen molar-refractivity contribution in [3.8, 4) is 0 Å². The minimum absolute atomic E-state index is 0.0129. The lowest BCUT2D eigenvalue weighted by atomic mass is 18.9. The molecule has 26 valence electrons.